The van der Waals surface area contributed by atoms with Gasteiger partial charge in [-0.15, -0.1) is 0 Å². The minimum atomic E-state index is -1.85. The number of likely N-dealkylation sites (N-methyl/N-ethyl adjacent to an activating group) is 1. The summed E-state index contributed by atoms with van der Waals surface area (Å²) in [5.74, 6) is -5.32. The number of amides is 1. The SMILES string of the molecule is CC[C@H]1OC(=O)[C@H](C)C(=O)[C@H](C)[C@@H](O[C@@H]2O[C@H](C)C[C@H](N(C)C)[C@H]2O)[C@@]2(C)C[C@@H](C)C(=NC(C)=O)[C@H](C)[C@H](OC/C(=N\OCc3ccc4nccnc4c3)CO2)[C@]1(C)O. The highest BCUT2D eigenvalue weighted by Crippen LogP contribution is 2.40. The number of ether oxygens (including phenoxy) is 5. The zero-order chi connectivity index (χ0) is 43.4. The molecule has 16 heteroatoms. The highest BCUT2D eigenvalue weighted by atomic mass is 16.7. The van der Waals surface area contributed by atoms with Crippen molar-refractivity contribution < 1.29 is 53.1 Å². The van der Waals surface area contributed by atoms with Crippen molar-refractivity contribution >= 4 is 40.1 Å². The number of oxime groups is 1. The summed E-state index contributed by atoms with van der Waals surface area (Å²) >= 11 is 0. The number of esters is 1. The number of aliphatic hydroxyl groups excluding tert-OH is 1. The standard InChI is InChI=1S/C43H63N5O11/c1-12-34-43(9,53)39-25(4)35(46-28(7)49)23(2)19-42(8,55-22-30(21-54-39)47-56-20-29-13-14-31-32(18-29)45-16-15-44-31)38(26(5)36(50)27(6)40(52)58-34)59-41-37(51)33(48(10)11)17-24(3)57-41/h13-16,18,23-27,33-34,37-39,41,51,53H,12,17,19-22H2,1-11H3/b46-35?,47-30+/t23-,24-,25+,26+,27-,33+,34-,37-,38-,39+,41+,42-,43-/m1/s1. The van der Waals surface area contributed by atoms with Crippen molar-refractivity contribution in [2.45, 2.75) is 142 Å². The zero-order valence-electron chi connectivity index (χ0n) is 36.3. The maximum Gasteiger partial charge on any atom is 0.316 e. The van der Waals surface area contributed by atoms with Gasteiger partial charge in [0.15, 0.2) is 12.1 Å². The summed E-state index contributed by atoms with van der Waals surface area (Å²) in [6, 6.07) is 5.24. The number of nitrogens with zero attached hydrogens (tertiary/aromatic N) is 5. The van der Waals surface area contributed by atoms with Gasteiger partial charge in [0, 0.05) is 42.9 Å². The topological polar surface area (TPSA) is 201 Å². The van der Waals surface area contributed by atoms with E-state index in [2.05, 4.69) is 20.1 Å². The van der Waals surface area contributed by atoms with Crippen molar-refractivity contribution in [3.8, 4) is 0 Å². The largest absolute Gasteiger partial charge is 0.459 e. The fourth-order valence-electron chi connectivity index (χ4n) is 8.90. The van der Waals surface area contributed by atoms with Crippen LogP contribution in [0.2, 0.25) is 0 Å². The van der Waals surface area contributed by atoms with E-state index < -0.39 is 83.2 Å². The maximum atomic E-state index is 14.5. The molecule has 326 valence electrons. The Hall–Kier alpha value is -3.77. The van der Waals surface area contributed by atoms with E-state index in [-0.39, 0.29) is 44.8 Å². The Balaban J connectivity index is 1.66. The third-order valence-electron chi connectivity index (χ3n) is 12.1. The number of fused-ring (bicyclic) bond motifs is 6. The summed E-state index contributed by atoms with van der Waals surface area (Å²) in [6.45, 7) is 14.8. The van der Waals surface area contributed by atoms with E-state index in [0.717, 1.165) is 11.1 Å². The molecular formula is C43H63N5O11. The Morgan fingerprint density at radius 1 is 1.03 bits per heavy atom. The third-order valence-corrected chi connectivity index (χ3v) is 12.1. The normalized spacial score (nSPS) is 38.1. The first-order chi connectivity index (χ1) is 27.8. The molecule has 2 bridgehead atoms. The van der Waals surface area contributed by atoms with Gasteiger partial charge in [-0.2, -0.15) is 0 Å². The molecule has 16 nitrogen and oxygen atoms in total. The van der Waals surface area contributed by atoms with E-state index >= 15 is 0 Å². The number of ketones is 1. The first-order valence-electron chi connectivity index (χ1n) is 20.6. The van der Waals surface area contributed by atoms with Gasteiger partial charge in [-0.05, 0) is 84.7 Å². The number of cyclic esters (lactones) is 1. The smallest absolute Gasteiger partial charge is 0.316 e. The lowest BCUT2D eigenvalue weighted by Crippen LogP contribution is -2.60. The van der Waals surface area contributed by atoms with Gasteiger partial charge in [-0.1, -0.05) is 38.9 Å². The van der Waals surface area contributed by atoms with Gasteiger partial charge in [0.1, 0.15) is 36.0 Å². The molecule has 3 fully saturated rings. The molecule has 4 heterocycles. The van der Waals surface area contributed by atoms with Crippen LogP contribution in [0.1, 0.15) is 87.1 Å². The summed E-state index contributed by atoms with van der Waals surface area (Å²) in [5, 5.41) is 28.6. The van der Waals surface area contributed by atoms with Gasteiger partial charge < -0.3 is 43.6 Å². The van der Waals surface area contributed by atoms with Crippen LogP contribution in [0.25, 0.3) is 11.0 Å². The van der Waals surface area contributed by atoms with E-state index in [1.54, 1.807) is 33.2 Å². The lowest BCUT2D eigenvalue weighted by molar-refractivity contribution is -0.296. The molecule has 2 N–H and O–H groups in total. The van der Waals surface area contributed by atoms with Crippen LogP contribution in [0.4, 0.5) is 0 Å². The Bertz CT molecular complexity index is 1870. The number of Topliss-reactive ketones (excluding diaryl/α,β-unsaturated/α-hetero) is 1. The summed E-state index contributed by atoms with van der Waals surface area (Å²) in [6.07, 6.45) is -1.88. The van der Waals surface area contributed by atoms with Crippen LogP contribution in [0.3, 0.4) is 0 Å². The molecule has 0 aliphatic carbocycles. The number of aliphatic imine (C=N–C) groups is 1. The van der Waals surface area contributed by atoms with Gasteiger partial charge in [0.25, 0.3) is 0 Å². The van der Waals surface area contributed by atoms with Gasteiger partial charge in [-0.25, -0.2) is 4.99 Å². The second-order valence-electron chi connectivity index (χ2n) is 17.2. The summed E-state index contributed by atoms with van der Waals surface area (Å²) in [5.41, 5.74) is -0.326. The number of aromatic nitrogens is 2. The minimum Gasteiger partial charge on any atom is -0.459 e. The quantitative estimate of drug-likeness (QED) is 0.230. The van der Waals surface area contributed by atoms with Crippen molar-refractivity contribution in [2.75, 3.05) is 27.3 Å². The highest BCUT2D eigenvalue weighted by molar-refractivity contribution is 6.00. The first-order valence-corrected chi connectivity index (χ1v) is 20.6. The van der Waals surface area contributed by atoms with Gasteiger partial charge in [-0.3, -0.25) is 24.4 Å². The Morgan fingerprint density at radius 3 is 2.39 bits per heavy atom. The second kappa shape index (κ2) is 19.3. The van der Waals surface area contributed by atoms with Crippen molar-refractivity contribution in [3.63, 3.8) is 0 Å². The molecule has 0 spiro atoms. The van der Waals surface area contributed by atoms with E-state index in [0.29, 0.717) is 23.4 Å². The average Bonchev–Trinajstić information content (AvgIpc) is 3.20. The molecule has 3 aliphatic heterocycles. The molecule has 1 aromatic carbocycles. The second-order valence-corrected chi connectivity index (χ2v) is 17.2. The predicted octanol–water partition coefficient (Wildman–Crippen LogP) is 4.07. The summed E-state index contributed by atoms with van der Waals surface area (Å²) in [4.78, 5) is 62.2. The molecule has 2 aromatic rings. The van der Waals surface area contributed by atoms with Crippen molar-refractivity contribution in [2.24, 2.45) is 33.8 Å². The van der Waals surface area contributed by atoms with Crippen LogP contribution in [-0.4, -0.2) is 136 Å². The number of hydrogen-bond donors (Lipinski definition) is 2. The monoisotopic (exact) mass is 825 g/mol. The molecular weight excluding hydrogens is 762 g/mol. The van der Waals surface area contributed by atoms with Gasteiger partial charge >= 0.3 is 5.97 Å². The minimum absolute atomic E-state index is 0.0719. The molecule has 0 unspecified atom stereocenters. The average molecular weight is 826 g/mol. The first kappa shape index (κ1) is 46.3. The lowest BCUT2D eigenvalue weighted by atomic mass is 9.73. The van der Waals surface area contributed by atoms with Crippen LogP contribution < -0.4 is 0 Å². The Labute approximate surface area is 347 Å². The van der Waals surface area contributed by atoms with Crippen LogP contribution in [0.5, 0.6) is 0 Å². The fourth-order valence-corrected chi connectivity index (χ4v) is 8.90. The van der Waals surface area contributed by atoms with Crippen LogP contribution in [0, 0.1) is 23.7 Å². The number of carbonyl (C=O) groups is 3. The molecule has 3 aliphatic rings. The molecule has 1 aromatic heterocycles. The molecule has 3 saturated heterocycles. The van der Waals surface area contributed by atoms with Gasteiger partial charge in [0.05, 0.1) is 48.2 Å². The van der Waals surface area contributed by atoms with Gasteiger partial charge in [0.2, 0.25) is 5.91 Å². The van der Waals surface area contributed by atoms with E-state index in [1.165, 1.54) is 20.8 Å². The summed E-state index contributed by atoms with van der Waals surface area (Å²) in [7, 11) is 3.73. The van der Waals surface area contributed by atoms with Crippen LogP contribution in [0.15, 0.2) is 40.7 Å². The van der Waals surface area contributed by atoms with E-state index in [9.17, 15) is 24.6 Å². The van der Waals surface area contributed by atoms with E-state index in [4.69, 9.17) is 28.5 Å². The number of benzene rings is 1. The lowest BCUT2D eigenvalue weighted by Gasteiger charge is -2.47. The predicted molar refractivity (Wildman–Crippen MR) is 218 cm³/mol. The fraction of sp³-hybridized carbons (Fsp3) is 0.698. The molecule has 0 saturated carbocycles. The maximum absolute atomic E-state index is 14.5. The molecule has 13 atom stereocenters. The Kier molecular flexibility index (Phi) is 15.1. The Morgan fingerprint density at radius 2 is 1.73 bits per heavy atom. The molecule has 59 heavy (non-hydrogen) atoms. The molecule has 0 radical (unpaired) electrons. The molecule has 1 amide bonds. The number of carbonyl (C=O) groups excluding carboxylic acids is 3. The number of hydrogen-bond acceptors (Lipinski definition) is 15. The van der Waals surface area contributed by atoms with E-state index in [1.807, 2.05) is 58.0 Å². The summed E-state index contributed by atoms with van der Waals surface area (Å²) < 4.78 is 32.5. The van der Waals surface area contributed by atoms with Crippen molar-refractivity contribution in [1.29, 1.82) is 0 Å². The number of rotatable bonds is 7. The van der Waals surface area contributed by atoms with Crippen molar-refractivity contribution in [3.05, 3.63) is 36.2 Å². The molecule has 5 rings (SSSR count). The van der Waals surface area contributed by atoms with Crippen LogP contribution in [-0.2, 0) is 49.5 Å². The van der Waals surface area contributed by atoms with Crippen LogP contribution >= 0.6 is 0 Å². The third kappa shape index (κ3) is 10.6. The highest BCUT2D eigenvalue weighted by Gasteiger charge is 2.53. The number of aliphatic hydroxyl groups is 2. The van der Waals surface area contributed by atoms with Crippen molar-refractivity contribution in [1.82, 2.24) is 14.9 Å². The zero-order valence-corrected chi connectivity index (χ0v) is 36.3.